The molecule has 0 aliphatic heterocycles. The molecule has 0 aliphatic carbocycles. The van der Waals surface area contributed by atoms with E-state index in [1.165, 1.54) is 0 Å². The molecule has 1 N–H and O–H groups in total. The maximum absolute atomic E-state index is 12.4. The van der Waals surface area contributed by atoms with Crippen molar-refractivity contribution < 1.29 is 19.0 Å². The monoisotopic (exact) mass is 380 g/mol. The van der Waals surface area contributed by atoms with Crippen molar-refractivity contribution >= 4 is 5.91 Å². The molecule has 0 fully saturated rings. The lowest BCUT2D eigenvalue weighted by molar-refractivity contribution is -0.121. The highest BCUT2D eigenvalue weighted by atomic mass is 16.5. The van der Waals surface area contributed by atoms with Crippen molar-refractivity contribution in [2.75, 3.05) is 41.0 Å². The Bertz CT molecular complexity index is 561. The number of carbonyl (C=O) groups is 1. The summed E-state index contributed by atoms with van der Waals surface area (Å²) in [4.78, 5) is 14.8. The van der Waals surface area contributed by atoms with Gasteiger partial charge >= 0.3 is 0 Å². The van der Waals surface area contributed by atoms with Crippen LogP contribution in [0.25, 0.3) is 0 Å². The summed E-state index contributed by atoms with van der Waals surface area (Å²) in [6.45, 7) is 11.4. The van der Waals surface area contributed by atoms with Crippen LogP contribution in [0.4, 0.5) is 0 Å². The molecule has 1 unspecified atom stereocenters. The Morgan fingerprint density at radius 2 is 1.59 bits per heavy atom. The topological polar surface area (TPSA) is 60.0 Å². The van der Waals surface area contributed by atoms with E-state index in [-0.39, 0.29) is 5.91 Å². The lowest BCUT2D eigenvalue weighted by atomic mass is 10.0. The van der Waals surface area contributed by atoms with E-state index in [9.17, 15) is 4.79 Å². The Labute approximate surface area is 164 Å². The number of carbonyl (C=O) groups excluding carboxylic acids is 1. The second kappa shape index (κ2) is 11.7. The van der Waals surface area contributed by atoms with Crippen LogP contribution in [0.5, 0.6) is 17.2 Å². The van der Waals surface area contributed by atoms with E-state index in [1.54, 1.807) is 21.3 Å². The zero-order chi connectivity index (χ0) is 20.4. The quantitative estimate of drug-likeness (QED) is 0.604. The molecule has 0 radical (unpaired) electrons. The van der Waals surface area contributed by atoms with Crippen LogP contribution in [0.1, 0.15) is 39.7 Å². The number of benzene rings is 1. The summed E-state index contributed by atoms with van der Waals surface area (Å²) in [7, 11) is 4.76. The summed E-state index contributed by atoms with van der Waals surface area (Å²) in [5, 5.41) is 3.10. The third-order valence-corrected chi connectivity index (χ3v) is 4.92. The number of aryl methyl sites for hydroxylation is 1. The van der Waals surface area contributed by atoms with Gasteiger partial charge in [-0.15, -0.1) is 0 Å². The summed E-state index contributed by atoms with van der Waals surface area (Å²) < 4.78 is 16.1. The fraction of sp³-hybridized carbons (Fsp3) is 0.667. The lowest BCUT2D eigenvalue weighted by Gasteiger charge is -2.32. The van der Waals surface area contributed by atoms with Gasteiger partial charge in [0.15, 0.2) is 11.5 Å². The largest absolute Gasteiger partial charge is 0.493 e. The van der Waals surface area contributed by atoms with Crippen molar-refractivity contribution in [3.8, 4) is 17.2 Å². The molecule has 0 aliphatic rings. The molecular formula is C21H36N2O4. The van der Waals surface area contributed by atoms with Gasteiger partial charge in [-0.2, -0.15) is 0 Å². The van der Waals surface area contributed by atoms with Crippen molar-refractivity contribution in [1.29, 1.82) is 0 Å². The van der Waals surface area contributed by atoms with Crippen molar-refractivity contribution in [1.82, 2.24) is 10.2 Å². The molecule has 1 aromatic rings. The number of nitrogens with one attached hydrogen (secondary N) is 1. The molecule has 1 amide bonds. The average Bonchev–Trinajstić information content (AvgIpc) is 2.68. The van der Waals surface area contributed by atoms with E-state index in [0.717, 1.165) is 18.7 Å². The minimum absolute atomic E-state index is 0.0570. The summed E-state index contributed by atoms with van der Waals surface area (Å²) >= 11 is 0. The number of hydrogen-bond acceptors (Lipinski definition) is 5. The Balaban J connectivity index is 2.69. The number of ether oxygens (including phenoxy) is 3. The van der Waals surface area contributed by atoms with Crippen LogP contribution < -0.4 is 19.5 Å². The molecule has 1 atom stereocenters. The number of rotatable bonds is 12. The highest BCUT2D eigenvalue weighted by Crippen LogP contribution is 2.38. The third-order valence-electron chi connectivity index (χ3n) is 4.92. The first kappa shape index (κ1) is 23.1. The van der Waals surface area contributed by atoms with Gasteiger partial charge in [-0.1, -0.05) is 27.7 Å². The summed E-state index contributed by atoms with van der Waals surface area (Å²) in [5.74, 6) is 2.32. The molecule has 0 bridgehead atoms. The van der Waals surface area contributed by atoms with E-state index < -0.39 is 0 Å². The van der Waals surface area contributed by atoms with Gasteiger partial charge in [0.25, 0.3) is 0 Å². The first-order valence-corrected chi connectivity index (χ1v) is 9.71. The van der Waals surface area contributed by atoms with Gasteiger partial charge in [0.2, 0.25) is 11.7 Å². The van der Waals surface area contributed by atoms with Crippen molar-refractivity contribution in [2.24, 2.45) is 5.92 Å². The smallest absolute Gasteiger partial charge is 0.220 e. The predicted molar refractivity (Wildman–Crippen MR) is 109 cm³/mol. The van der Waals surface area contributed by atoms with Gasteiger partial charge in [-0.05, 0) is 43.1 Å². The predicted octanol–water partition coefficient (Wildman–Crippen LogP) is 3.13. The van der Waals surface area contributed by atoms with Crippen molar-refractivity contribution in [2.45, 2.75) is 46.6 Å². The van der Waals surface area contributed by atoms with Gasteiger partial charge in [-0.3, -0.25) is 9.69 Å². The van der Waals surface area contributed by atoms with Crippen LogP contribution in [0.15, 0.2) is 12.1 Å². The number of nitrogens with zero attached hydrogens (tertiary/aromatic N) is 1. The third kappa shape index (κ3) is 6.61. The highest BCUT2D eigenvalue weighted by molar-refractivity contribution is 5.76. The lowest BCUT2D eigenvalue weighted by Crippen LogP contribution is -2.46. The molecule has 0 heterocycles. The standard InChI is InChI=1S/C21H36N2O4/c1-8-23(9-2)17(15(3)4)14-22-20(24)11-10-16-12-18(25-5)21(27-7)19(13-16)26-6/h12-13,15,17H,8-11,14H2,1-7H3,(H,22,24). The maximum Gasteiger partial charge on any atom is 0.220 e. The van der Waals surface area contributed by atoms with Crippen LogP contribution in [0, 0.1) is 5.92 Å². The molecule has 0 aromatic heterocycles. The minimum atomic E-state index is 0.0570. The van der Waals surface area contributed by atoms with Crippen LogP contribution in [0.2, 0.25) is 0 Å². The van der Waals surface area contributed by atoms with E-state index in [2.05, 4.69) is 37.9 Å². The summed E-state index contributed by atoms with van der Waals surface area (Å²) in [6.07, 6.45) is 1.03. The Morgan fingerprint density at radius 1 is 1.04 bits per heavy atom. The highest BCUT2D eigenvalue weighted by Gasteiger charge is 2.20. The molecule has 0 saturated heterocycles. The number of likely N-dealkylation sites (N-methyl/N-ethyl adjacent to an activating group) is 1. The molecule has 6 nitrogen and oxygen atoms in total. The molecule has 0 saturated carbocycles. The fourth-order valence-corrected chi connectivity index (χ4v) is 3.32. The normalized spacial score (nSPS) is 12.2. The van der Waals surface area contributed by atoms with Crippen LogP contribution in [0.3, 0.4) is 0 Å². The molecule has 154 valence electrons. The number of methoxy groups -OCH3 is 3. The van der Waals surface area contributed by atoms with E-state index in [1.807, 2.05) is 12.1 Å². The average molecular weight is 381 g/mol. The van der Waals surface area contributed by atoms with Crippen LogP contribution >= 0.6 is 0 Å². The van der Waals surface area contributed by atoms with Gasteiger partial charge in [0.05, 0.1) is 21.3 Å². The first-order valence-electron chi connectivity index (χ1n) is 9.71. The van der Waals surface area contributed by atoms with Gasteiger partial charge in [-0.25, -0.2) is 0 Å². The minimum Gasteiger partial charge on any atom is -0.493 e. The van der Waals surface area contributed by atoms with Crippen molar-refractivity contribution in [3.63, 3.8) is 0 Å². The van der Waals surface area contributed by atoms with Gasteiger partial charge in [0, 0.05) is 19.0 Å². The van der Waals surface area contributed by atoms with Crippen molar-refractivity contribution in [3.05, 3.63) is 17.7 Å². The van der Waals surface area contributed by atoms with Gasteiger partial charge in [0.1, 0.15) is 0 Å². The number of hydrogen-bond donors (Lipinski definition) is 1. The first-order chi connectivity index (χ1) is 12.9. The molecule has 27 heavy (non-hydrogen) atoms. The SMILES string of the molecule is CCN(CC)C(CNC(=O)CCc1cc(OC)c(OC)c(OC)c1)C(C)C. The van der Waals surface area contributed by atoms with Crippen LogP contribution in [-0.2, 0) is 11.2 Å². The zero-order valence-electron chi connectivity index (χ0n) is 17.9. The Hall–Kier alpha value is -1.95. The Morgan fingerprint density at radius 3 is 2.00 bits per heavy atom. The second-order valence-corrected chi connectivity index (χ2v) is 6.87. The zero-order valence-corrected chi connectivity index (χ0v) is 17.9. The van der Waals surface area contributed by atoms with E-state index in [4.69, 9.17) is 14.2 Å². The van der Waals surface area contributed by atoms with E-state index >= 15 is 0 Å². The Kier molecular flexibility index (Phi) is 10.0. The summed E-state index contributed by atoms with van der Waals surface area (Å²) in [5.41, 5.74) is 0.976. The molecular weight excluding hydrogens is 344 g/mol. The second-order valence-electron chi connectivity index (χ2n) is 6.87. The maximum atomic E-state index is 12.4. The summed E-state index contributed by atoms with van der Waals surface area (Å²) in [6, 6.07) is 4.13. The van der Waals surface area contributed by atoms with E-state index in [0.29, 0.717) is 48.6 Å². The fourth-order valence-electron chi connectivity index (χ4n) is 3.32. The molecule has 0 spiro atoms. The molecule has 1 rings (SSSR count). The molecule has 1 aromatic carbocycles. The molecule has 6 heteroatoms. The number of amides is 1. The van der Waals surface area contributed by atoms with Crippen LogP contribution in [-0.4, -0.2) is 57.8 Å². The van der Waals surface area contributed by atoms with Gasteiger partial charge < -0.3 is 19.5 Å².